The maximum atomic E-state index is 9.45. The van der Waals surface area contributed by atoms with Crippen molar-refractivity contribution in [2.45, 2.75) is 96.5 Å². The second-order valence-corrected chi connectivity index (χ2v) is 8.63. The number of hydrogen-bond donors (Lipinski definition) is 2. The van der Waals surface area contributed by atoms with Crippen LogP contribution in [-0.2, 0) is 12.0 Å². The molecule has 0 saturated heterocycles. The van der Waals surface area contributed by atoms with Gasteiger partial charge in [0.25, 0.3) is 0 Å². The van der Waals surface area contributed by atoms with Gasteiger partial charge in [0, 0.05) is 22.0 Å². The first-order valence-corrected chi connectivity index (χ1v) is 10.3. The molecule has 1 unspecified atom stereocenters. The minimum atomic E-state index is 0.115. The van der Waals surface area contributed by atoms with Gasteiger partial charge in [0.15, 0.2) is 0 Å². The van der Waals surface area contributed by atoms with Crippen molar-refractivity contribution in [3.05, 3.63) is 35.0 Å². The van der Waals surface area contributed by atoms with Crippen LogP contribution in [0.3, 0.4) is 0 Å². The highest BCUT2D eigenvalue weighted by atomic mass is 16.3. The molecule has 2 aromatic rings. The molecule has 0 spiro atoms. The van der Waals surface area contributed by atoms with E-state index in [1.54, 1.807) is 5.56 Å². The molecule has 0 bridgehead atoms. The molecule has 2 N–H and O–H groups in total. The van der Waals surface area contributed by atoms with Crippen molar-refractivity contribution < 1.29 is 5.11 Å². The lowest BCUT2D eigenvalue weighted by Crippen LogP contribution is -2.26. The topological polar surface area (TPSA) is 36.0 Å². The molecule has 0 amide bonds. The van der Waals surface area contributed by atoms with Crippen molar-refractivity contribution in [3.8, 4) is 0 Å². The molecule has 0 saturated carbocycles. The van der Waals surface area contributed by atoms with Crippen LogP contribution < -0.4 is 0 Å². The van der Waals surface area contributed by atoms with Gasteiger partial charge < -0.3 is 10.1 Å². The van der Waals surface area contributed by atoms with Crippen LogP contribution in [0, 0.1) is 0 Å². The molecule has 1 heterocycles. The summed E-state index contributed by atoms with van der Waals surface area (Å²) in [5.41, 5.74) is 5.45. The molecule has 2 nitrogen and oxygen atoms in total. The van der Waals surface area contributed by atoms with Crippen LogP contribution in [-0.4, -0.2) is 10.1 Å². The molecular formula is C23H35NO. The highest BCUT2D eigenvalue weighted by Crippen LogP contribution is 2.47. The number of benzene rings is 1. The zero-order valence-corrected chi connectivity index (χ0v) is 16.3. The lowest BCUT2D eigenvalue weighted by atomic mass is 9.70. The summed E-state index contributed by atoms with van der Waals surface area (Å²) in [6, 6.07) is 6.44. The molecule has 1 aromatic carbocycles. The first-order valence-electron chi connectivity index (χ1n) is 10.3. The van der Waals surface area contributed by atoms with Crippen LogP contribution in [0.1, 0.15) is 101 Å². The van der Waals surface area contributed by atoms with E-state index in [1.807, 2.05) is 0 Å². The van der Waals surface area contributed by atoms with Gasteiger partial charge in [-0.3, -0.25) is 0 Å². The minimum absolute atomic E-state index is 0.115. The third-order valence-corrected chi connectivity index (χ3v) is 6.19. The summed E-state index contributed by atoms with van der Waals surface area (Å²) in [6.07, 6.45) is 12.1. The molecule has 1 aliphatic rings. The van der Waals surface area contributed by atoms with Crippen molar-refractivity contribution in [1.82, 2.24) is 4.98 Å². The predicted molar refractivity (Wildman–Crippen MR) is 107 cm³/mol. The Balaban J connectivity index is 1.79. The quantitative estimate of drug-likeness (QED) is 0.524. The summed E-state index contributed by atoms with van der Waals surface area (Å²) in [7, 11) is 0. The number of hydrogen-bond acceptors (Lipinski definition) is 1. The average Bonchev–Trinajstić information content (AvgIpc) is 3.00. The molecule has 1 atom stereocenters. The Hall–Kier alpha value is -1.28. The normalized spacial score (nSPS) is 19.3. The van der Waals surface area contributed by atoms with Gasteiger partial charge in [-0.25, -0.2) is 0 Å². The van der Waals surface area contributed by atoms with Crippen LogP contribution in [0.5, 0.6) is 0 Å². The molecule has 0 fully saturated rings. The second-order valence-electron chi connectivity index (χ2n) is 8.63. The maximum Gasteiger partial charge on any atom is 0.0682 e. The predicted octanol–water partition coefficient (Wildman–Crippen LogP) is 6.57. The second kappa shape index (κ2) is 7.95. The molecule has 138 valence electrons. The van der Waals surface area contributed by atoms with Crippen molar-refractivity contribution in [2.75, 3.05) is 0 Å². The first kappa shape index (κ1) is 18.5. The third-order valence-electron chi connectivity index (χ3n) is 6.19. The van der Waals surface area contributed by atoms with Crippen LogP contribution in [0.15, 0.2) is 18.2 Å². The average molecular weight is 342 g/mol. The number of aromatic nitrogens is 1. The zero-order chi connectivity index (χ0) is 17.9. The minimum Gasteiger partial charge on any atom is -0.392 e. The summed E-state index contributed by atoms with van der Waals surface area (Å²) in [6.45, 7) is 7.14. The van der Waals surface area contributed by atoms with Crippen molar-refractivity contribution in [3.63, 3.8) is 0 Å². The fraction of sp³-hybridized carbons (Fsp3) is 0.652. The van der Waals surface area contributed by atoms with Gasteiger partial charge in [-0.1, -0.05) is 71.4 Å². The van der Waals surface area contributed by atoms with Crippen LogP contribution in [0.4, 0.5) is 0 Å². The van der Waals surface area contributed by atoms with Crippen LogP contribution in [0.2, 0.25) is 0 Å². The smallest absolute Gasteiger partial charge is 0.0682 e. The molecule has 0 radical (unpaired) electrons. The Morgan fingerprint density at radius 2 is 1.88 bits per heavy atom. The van der Waals surface area contributed by atoms with Crippen molar-refractivity contribution in [2.24, 2.45) is 0 Å². The summed E-state index contributed by atoms with van der Waals surface area (Å²) in [4.78, 5) is 3.72. The number of rotatable bonds is 8. The van der Waals surface area contributed by atoms with Gasteiger partial charge in [-0.2, -0.15) is 0 Å². The Kier molecular flexibility index (Phi) is 5.89. The lowest BCUT2D eigenvalue weighted by Gasteiger charge is -2.35. The molecular weight excluding hydrogens is 306 g/mol. The van der Waals surface area contributed by atoms with E-state index in [9.17, 15) is 5.11 Å². The summed E-state index contributed by atoms with van der Waals surface area (Å²) in [5.74, 6) is 0.697. The van der Waals surface area contributed by atoms with E-state index >= 15 is 0 Å². The van der Waals surface area contributed by atoms with E-state index in [-0.39, 0.29) is 12.0 Å². The Labute approximate surface area is 153 Å². The largest absolute Gasteiger partial charge is 0.392 e. The Morgan fingerprint density at radius 1 is 1.12 bits per heavy atom. The number of nitrogens with one attached hydrogen (secondary N) is 1. The fourth-order valence-corrected chi connectivity index (χ4v) is 4.59. The third kappa shape index (κ3) is 3.95. The molecule has 1 aliphatic carbocycles. The van der Waals surface area contributed by atoms with Gasteiger partial charge in [-0.15, -0.1) is 0 Å². The van der Waals surface area contributed by atoms with Crippen LogP contribution >= 0.6 is 0 Å². The maximum absolute atomic E-state index is 9.45. The fourth-order valence-electron chi connectivity index (χ4n) is 4.59. The van der Waals surface area contributed by atoms with E-state index in [1.165, 1.54) is 74.4 Å². The highest BCUT2D eigenvalue weighted by Gasteiger charge is 2.35. The van der Waals surface area contributed by atoms with E-state index in [0.29, 0.717) is 5.92 Å². The van der Waals surface area contributed by atoms with Crippen LogP contribution in [0.25, 0.3) is 10.9 Å². The SMILES string of the molecule is CCCCCCCCC1CCC(C)(C)c2[nH]c3cc(CO)ccc3c21. The van der Waals surface area contributed by atoms with Gasteiger partial charge >= 0.3 is 0 Å². The van der Waals surface area contributed by atoms with E-state index in [0.717, 1.165) is 5.56 Å². The molecule has 2 heteroatoms. The number of aliphatic hydroxyl groups excluding tert-OH is 1. The summed E-state index contributed by atoms with van der Waals surface area (Å²) in [5, 5.41) is 10.8. The van der Waals surface area contributed by atoms with E-state index < -0.39 is 0 Å². The first-order chi connectivity index (χ1) is 12.1. The molecule has 1 aromatic heterocycles. The van der Waals surface area contributed by atoms with Crippen molar-refractivity contribution in [1.29, 1.82) is 0 Å². The standard InChI is InChI=1S/C23H35NO/c1-4-5-6-7-8-9-10-18-13-14-23(2,3)22-21(18)19-12-11-17(16-25)15-20(19)24-22/h11-12,15,18,24-25H,4-10,13-14,16H2,1-3H3. The molecule has 3 rings (SSSR count). The van der Waals surface area contributed by atoms with Gasteiger partial charge in [0.05, 0.1) is 6.61 Å². The lowest BCUT2D eigenvalue weighted by molar-refractivity contribution is 0.282. The van der Waals surface area contributed by atoms with Gasteiger partial charge in [-0.05, 0) is 42.4 Å². The monoisotopic (exact) mass is 341 g/mol. The number of unbranched alkanes of at least 4 members (excludes halogenated alkanes) is 5. The van der Waals surface area contributed by atoms with Gasteiger partial charge in [0.1, 0.15) is 0 Å². The number of aromatic amines is 1. The highest BCUT2D eigenvalue weighted by molar-refractivity contribution is 5.86. The molecule has 0 aliphatic heterocycles. The number of fused-ring (bicyclic) bond motifs is 3. The molecule has 25 heavy (non-hydrogen) atoms. The zero-order valence-electron chi connectivity index (χ0n) is 16.3. The Morgan fingerprint density at radius 3 is 2.64 bits per heavy atom. The number of aliphatic hydroxyl groups is 1. The summed E-state index contributed by atoms with van der Waals surface area (Å²) < 4.78 is 0. The Bertz CT molecular complexity index is 697. The van der Waals surface area contributed by atoms with E-state index in [4.69, 9.17) is 0 Å². The van der Waals surface area contributed by atoms with Gasteiger partial charge in [0.2, 0.25) is 0 Å². The number of H-pyrrole nitrogens is 1. The summed E-state index contributed by atoms with van der Waals surface area (Å²) >= 11 is 0. The van der Waals surface area contributed by atoms with Crippen molar-refractivity contribution >= 4 is 10.9 Å². The van der Waals surface area contributed by atoms with E-state index in [2.05, 4.69) is 44.0 Å².